The number of hydrogen-bond donors (Lipinski definition) is 1. The molecule has 0 bridgehead atoms. The van der Waals surface area contributed by atoms with E-state index in [0.29, 0.717) is 15.8 Å². The van der Waals surface area contributed by atoms with E-state index < -0.39 is 17.7 Å². The van der Waals surface area contributed by atoms with Crippen LogP contribution in [0.1, 0.15) is 16.1 Å². The van der Waals surface area contributed by atoms with Crippen molar-refractivity contribution < 1.29 is 23.1 Å². The van der Waals surface area contributed by atoms with Crippen LogP contribution in [0.25, 0.3) is 5.69 Å². The number of alkyl halides is 3. The van der Waals surface area contributed by atoms with Gasteiger partial charge in [0.25, 0.3) is 0 Å². The Bertz CT molecular complexity index is 708. The van der Waals surface area contributed by atoms with E-state index in [1.165, 1.54) is 6.07 Å². The zero-order valence-corrected chi connectivity index (χ0v) is 13.4. The third kappa shape index (κ3) is 3.27. The van der Waals surface area contributed by atoms with Gasteiger partial charge < -0.3 is 5.11 Å². The van der Waals surface area contributed by atoms with Crippen molar-refractivity contribution in [2.75, 3.05) is 0 Å². The highest BCUT2D eigenvalue weighted by molar-refractivity contribution is 14.1. The first-order valence-electron chi connectivity index (χ1n) is 5.16. The van der Waals surface area contributed by atoms with Gasteiger partial charge >= 0.3 is 12.1 Å². The first kappa shape index (κ1) is 16.4. The van der Waals surface area contributed by atoms with E-state index in [-0.39, 0.29) is 21.4 Å². The number of hydrogen-bond acceptors (Lipinski definition) is 2. The van der Waals surface area contributed by atoms with Crippen molar-refractivity contribution in [3.63, 3.8) is 0 Å². The van der Waals surface area contributed by atoms with Crippen molar-refractivity contribution in [2.45, 2.75) is 6.18 Å². The third-order valence-corrected chi connectivity index (χ3v) is 3.79. The minimum Gasteiger partial charge on any atom is -0.476 e. The van der Waals surface area contributed by atoms with E-state index in [9.17, 15) is 18.0 Å². The molecule has 1 N–H and O–H groups in total. The Balaban J connectivity index is 2.63. The van der Waals surface area contributed by atoms with Gasteiger partial charge in [-0.05, 0) is 34.7 Å². The zero-order chi connectivity index (χ0) is 15.9. The second-order valence-corrected chi connectivity index (χ2v) is 5.78. The van der Waals surface area contributed by atoms with Crippen LogP contribution in [0.4, 0.5) is 13.2 Å². The molecule has 1 aromatic carbocycles. The summed E-state index contributed by atoms with van der Waals surface area (Å²) in [6.45, 7) is 0. The smallest absolute Gasteiger partial charge is 0.416 e. The molecular weight excluding hydrogens is 447 g/mol. The van der Waals surface area contributed by atoms with Crippen LogP contribution in [0.15, 0.2) is 18.2 Å². The lowest BCUT2D eigenvalue weighted by atomic mass is 10.2. The number of halogens is 6. The molecule has 0 aliphatic carbocycles. The van der Waals surface area contributed by atoms with Gasteiger partial charge in [-0.15, -0.1) is 0 Å². The van der Waals surface area contributed by atoms with Crippen molar-refractivity contribution in [2.24, 2.45) is 0 Å². The summed E-state index contributed by atoms with van der Waals surface area (Å²) < 4.78 is 39.4. The highest BCUT2D eigenvalue weighted by Crippen LogP contribution is 2.37. The van der Waals surface area contributed by atoms with Gasteiger partial charge in [0.15, 0.2) is 5.69 Å². The van der Waals surface area contributed by atoms with E-state index in [0.717, 1.165) is 4.68 Å². The molecule has 2 aromatic rings. The summed E-state index contributed by atoms with van der Waals surface area (Å²) in [7, 11) is 0. The van der Waals surface area contributed by atoms with E-state index in [1.807, 2.05) is 0 Å². The number of aromatic carboxylic acids is 1. The van der Waals surface area contributed by atoms with Crippen LogP contribution in [0.3, 0.4) is 0 Å². The number of aromatic nitrogens is 2. The molecule has 2 rings (SSSR count). The van der Waals surface area contributed by atoms with Crippen LogP contribution in [0.5, 0.6) is 0 Å². The first-order valence-corrected chi connectivity index (χ1v) is 7.00. The van der Waals surface area contributed by atoms with Gasteiger partial charge in [-0.3, -0.25) is 0 Å². The Kier molecular flexibility index (Phi) is 4.41. The Morgan fingerprint density at radius 3 is 2.14 bits per heavy atom. The van der Waals surface area contributed by atoms with Crippen LogP contribution >= 0.6 is 45.8 Å². The van der Waals surface area contributed by atoms with Crippen LogP contribution in [0, 0.1) is 3.70 Å². The normalized spacial score (nSPS) is 11.7. The Labute approximate surface area is 139 Å². The fourth-order valence-corrected chi connectivity index (χ4v) is 2.84. The summed E-state index contributed by atoms with van der Waals surface area (Å²) in [5.41, 5.74) is -1.28. The maximum atomic E-state index is 12.7. The average molecular weight is 451 g/mol. The summed E-state index contributed by atoms with van der Waals surface area (Å²) >= 11 is 13.5. The highest BCUT2D eigenvalue weighted by Gasteiger charge is 2.32. The molecule has 0 amide bonds. The number of benzene rings is 1. The monoisotopic (exact) mass is 450 g/mol. The summed E-state index contributed by atoms with van der Waals surface area (Å²) in [6.07, 6.45) is -4.59. The SMILES string of the molecule is O=C(O)c1cc(I)n(-c2c(Cl)cc(C(F)(F)F)cc2Cl)n1. The minimum atomic E-state index is -4.59. The fraction of sp³-hybridized carbons (Fsp3) is 0.0909. The maximum Gasteiger partial charge on any atom is 0.416 e. The lowest BCUT2D eigenvalue weighted by molar-refractivity contribution is -0.137. The largest absolute Gasteiger partial charge is 0.476 e. The second kappa shape index (κ2) is 5.65. The van der Waals surface area contributed by atoms with Gasteiger partial charge in [0, 0.05) is 6.07 Å². The first-order chi connectivity index (χ1) is 9.61. The Hall–Kier alpha value is -1.00. The number of nitrogens with zero attached hydrogens (tertiary/aromatic N) is 2. The highest BCUT2D eigenvalue weighted by atomic mass is 127. The molecule has 4 nitrogen and oxygen atoms in total. The number of carboxylic acids is 1. The molecule has 0 saturated carbocycles. The molecule has 0 atom stereocenters. The van der Waals surface area contributed by atoms with Crippen molar-refractivity contribution in [3.8, 4) is 5.69 Å². The van der Waals surface area contributed by atoms with Gasteiger partial charge in [-0.1, -0.05) is 23.2 Å². The molecule has 0 spiro atoms. The third-order valence-electron chi connectivity index (χ3n) is 2.44. The van der Waals surface area contributed by atoms with E-state index in [2.05, 4.69) is 5.10 Å². The number of rotatable bonds is 2. The van der Waals surface area contributed by atoms with Gasteiger partial charge in [0.1, 0.15) is 9.39 Å². The molecule has 0 radical (unpaired) electrons. The molecular formula is C11H4Cl2F3IN2O2. The summed E-state index contributed by atoms with van der Waals surface area (Å²) in [6, 6.07) is 2.66. The number of carboxylic acid groups (broad SMARTS) is 1. The van der Waals surface area contributed by atoms with Gasteiger partial charge in [0.05, 0.1) is 15.6 Å². The second-order valence-electron chi connectivity index (χ2n) is 3.86. The molecule has 1 aromatic heterocycles. The van der Waals surface area contributed by atoms with E-state index >= 15 is 0 Å². The van der Waals surface area contributed by atoms with Crippen molar-refractivity contribution in [1.82, 2.24) is 9.78 Å². The van der Waals surface area contributed by atoms with Crippen LogP contribution < -0.4 is 0 Å². The predicted octanol–water partition coefficient (Wildman–Crippen LogP) is 4.50. The zero-order valence-electron chi connectivity index (χ0n) is 9.75. The summed E-state index contributed by atoms with van der Waals surface area (Å²) in [4.78, 5) is 10.9. The van der Waals surface area contributed by atoms with Crippen LogP contribution in [-0.4, -0.2) is 20.9 Å². The van der Waals surface area contributed by atoms with Crippen molar-refractivity contribution >= 4 is 51.8 Å². The van der Waals surface area contributed by atoms with Gasteiger partial charge in [0.2, 0.25) is 0 Å². The topological polar surface area (TPSA) is 55.1 Å². The van der Waals surface area contributed by atoms with Crippen LogP contribution in [-0.2, 0) is 6.18 Å². The average Bonchev–Trinajstić information content (AvgIpc) is 2.69. The standard InChI is InChI=1S/C11H4Cl2F3IN2O2/c12-5-1-4(11(14,15)16)2-6(13)9(5)19-8(17)3-7(18-19)10(20)21/h1-3H,(H,20,21). The Morgan fingerprint density at radius 1 is 1.24 bits per heavy atom. The van der Waals surface area contributed by atoms with E-state index in [4.69, 9.17) is 28.3 Å². The number of carbonyl (C=O) groups is 1. The quantitative estimate of drug-likeness (QED) is 0.685. The van der Waals surface area contributed by atoms with Crippen molar-refractivity contribution in [3.05, 3.63) is 43.2 Å². The molecule has 10 heteroatoms. The molecule has 1 heterocycles. The lowest BCUT2D eigenvalue weighted by Gasteiger charge is -2.12. The Morgan fingerprint density at radius 2 is 1.76 bits per heavy atom. The van der Waals surface area contributed by atoms with Crippen molar-refractivity contribution in [1.29, 1.82) is 0 Å². The molecule has 0 aliphatic rings. The lowest BCUT2D eigenvalue weighted by Crippen LogP contribution is -2.08. The van der Waals surface area contributed by atoms with Crippen LogP contribution in [0.2, 0.25) is 10.0 Å². The van der Waals surface area contributed by atoms with Gasteiger partial charge in [-0.2, -0.15) is 18.3 Å². The molecule has 0 fully saturated rings. The summed E-state index contributed by atoms with van der Waals surface area (Å²) in [5, 5.41) is 12.0. The van der Waals surface area contributed by atoms with E-state index in [1.54, 1.807) is 22.6 Å². The maximum absolute atomic E-state index is 12.7. The summed E-state index contributed by atoms with van der Waals surface area (Å²) in [5.74, 6) is -1.27. The molecule has 0 unspecified atom stereocenters. The fourth-order valence-electron chi connectivity index (χ4n) is 1.55. The molecule has 112 valence electrons. The molecule has 0 aliphatic heterocycles. The molecule has 21 heavy (non-hydrogen) atoms. The predicted molar refractivity (Wildman–Crippen MR) is 78.3 cm³/mol. The molecule has 0 saturated heterocycles. The van der Waals surface area contributed by atoms with Gasteiger partial charge in [-0.25, -0.2) is 9.48 Å². The minimum absolute atomic E-state index is 0.0109.